The van der Waals surface area contributed by atoms with Crippen molar-refractivity contribution in [1.29, 1.82) is 0 Å². The standard InChI is InChI=1S/C12H25NO2/c1-10-9-13(7-5-11(10)14)8-6-12(2,3)15-4/h10-11,14H,5-9H2,1-4H3. The number of likely N-dealkylation sites (tertiary alicyclic amines) is 1. The van der Waals surface area contributed by atoms with Crippen LogP contribution in [0.1, 0.15) is 33.6 Å². The first kappa shape index (κ1) is 12.9. The molecule has 0 aliphatic carbocycles. The predicted molar refractivity (Wildman–Crippen MR) is 61.9 cm³/mol. The molecule has 1 heterocycles. The molecular weight excluding hydrogens is 190 g/mol. The van der Waals surface area contributed by atoms with Crippen LogP contribution in [0.3, 0.4) is 0 Å². The fourth-order valence-corrected chi connectivity index (χ4v) is 1.95. The fraction of sp³-hybridized carbons (Fsp3) is 1.00. The van der Waals surface area contributed by atoms with Gasteiger partial charge in [0.25, 0.3) is 0 Å². The van der Waals surface area contributed by atoms with Gasteiger partial charge in [0.1, 0.15) is 0 Å². The lowest BCUT2D eigenvalue weighted by Crippen LogP contribution is -2.43. The van der Waals surface area contributed by atoms with Crippen LogP contribution in [0.25, 0.3) is 0 Å². The Morgan fingerprint density at radius 3 is 2.67 bits per heavy atom. The lowest BCUT2D eigenvalue weighted by Gasteiger charge is -2.36. The van der Waals surface area contributed by atoms with Crippen molar-refractivity contribution in [1.82, 2.24) is 4.90 Å². The minimum absolute atomic E-state index is 0.0285. The molecule has 0 aromatic rings. The summed E-state index contributed by atoms with van der Waals surface area (Å²) in [7, 11) is 1.77. The first-order valence-corrected chi connectivity index (χ1v) is 5.90. The van der Waals surface area contributed by atoms with Gasteiger partial charge in [-0.2, -0.15) is 0 Å². The number of nitrogens with zero attached hydrogens (tertiary/aromatic N) is 1. The highest BCUT2D eigenvalue weighted by molar-refractivity contribution is 4.79. The Morgan fingerprint density at radius 1 is 1.47 bits per heavy atom. The largest absolute Gasteiger partial charge is 0.393 e. The van der Waals surface area contributed by atoms with Gasteiger partial charge in [0, 0.05) is 26.7 Å². The molecule has 0 saturated carbocycles. The van der Waals surface area contributed by atoms with Crippen molar-refractivity contribution < 1.29 is 9.84 Å². The van der Waals surface area contributed by atoms with Crippen molar-refractivity contribution in [3.8, 4) is 0 Å². The van der Waals surface area contributed by atoms with E-state index in [9.17, 15) is 5.11 Å². The maximum absolute atomic E-state index is 9.62. The predicted octanol–water partition coefficient (Wildman–Crippen LogP) is 1.50. The summed E-state index contributed by atoms with van der Waals surface area (Å²) in [5.41, 5.74) is -0.0285. The van der Waals surface area contributed by atoms with Crippen molar-refractivity contribution >= 4 is 0 Å². The van der Waals surface area contributed by atoms with Crippen LogP contribution in [0.5, 0.6) is 0 Å². The summed E-state index contributed by atoms with van der Waals surface area (Å²) < 4.78 is 5.40. The molecule has 3 heteroatoms. The first-order chi connectivity index (χ1) is 6.94. The number of methoxy groups -OCH3 is 1. The summed E-state index contributed by atoms with van der Waals surface area (Å²) in [6.45, 7) is 9.47. The third-order valence-corrected chi connectivity index (χ3v) is 3.53. The normalized spacial score (nSPS) is 29.4. The van der Waals surface area contributed by atoms with Crippen LogP contribution in [-0.4, -0.2) is 48.5 Å². The molecule has 1 N–H and O–H groups in total. The van der Waals surface area contributed by atoms with Crippen LogP contribution >= 0.6 is 0 Å². The molecule has 0 amide bonds. The highest BCUT2D eigenvalue weighted by Crippen LogP contribution is 2.19. The van der Waals surface area contributed by atoms with Gasteiger partial charge in [-0.3, -0.25) is 0 Å². The maximum atomic E-state index is 9.62. The van der Waals surface area contributed by atoms with Gasteiger partial charge in [-0.05, 0) is 32.6 Å². The Labute approximate surface area is 93.4 Å². The summed E-state index contributed by atoms with van der Waals surface area (Å²) >= 11 is 0. The summed E-state index contributed by atoms with van der Waals surface area (Å²) in [6.07, 6.45) is 1.86. The van der Waals surface area contributed by atoms with E-state index in [0.29, 0.717) is 5.92 Å². The molecule has 1 saturated heterocycles. The summed E-state index contributed by atoms with van der Waals surface area (Å²) in [5.74, 6) is 0.407. The van der Waals surface area contributed by atoms with E-state index in [0.717, 1.165) is 32.5 Å². The average Bonchev–Trinajstić information content (AvgIpc) is 2.20. The van der Waals surface area contributed by atoms with E-state index in [1.807, 2.05) is 0 Å². The molecule has 3 nitrogen and oxygen atoms in total. The number of hydrogen-bond donors (Lipinski definition) is 1. The SMILES string of the molecule is COC(C)(C)CCN1CCC(O)C(C)C1. The Kier molecular flexibility index (Phi) is 4.56. The van der Waals surface area contributed by atoms with Gasteiger partial charge >= 0.3 is 0 Å². The molecule has 90 valence electrons. The molecule has 0 aromatic carbocycles. The Bertz CT molecular complexity index is 194. The monoisotopic (exact) mass is 215 g/mol. The van der Waals surface area contributed by atoms with E-state index in [2.05, 4.69) is 25.7 Å². The van der Waals surface area contributed by atoms with Crippen molar-refractivity contribution in [2.24, 2.45) is 5.92 Å². The van der Waals surface area contributed by atoms with Crippen LogP contribution in [0.2, 0.25) is 0 Å². The molecule has 2 unspecified atom stereocenters. The first-order valence-electron chi connectivity index (χ1n) is 5.90. The van der Waals surface area contributed by atoms with Crippen LogP contribution in [0.15, 0.2) is 0 Å². The molecule has 1 aliphatic heterocycles. The van der Waals surface area contributed by atoms with Crippen LogP contribution in [-0.2, 0) is 4.74 Å². The highest BCUT2D eigenvalue weighted by Gasteiger charge is 2.25. The third-order valence-electron chi connectivity index (χ3n) is 3.53. The van der Waals surface area contributed by atoms with Gasteiger partial charge in [-0.15, -0.1) is 0 Å². The van der Waals surface area contributed by atoms with E-state index in [4.69, 9.17) is 4.74 Å². The van der Waals surface area contributed by atoms with Gasteiger partial charge in [0.15, 0.2) is 0 Å². The van der Waals surface area contributed by atoms with E-state index >= 15 is 0 Å². The maximum Gasteiger partial charge on any atom is 0.0634 e. The average molecular weight is 215 g/mol. The topological polar surface area (TPSA) is 32.7 Å². The quantitative estimate of drug-likeness (QED) is 0.771. The van der Waals surface area contributed by atoms with E-state index in [-0.39, 0.29) is 11.7 Å². The molecule has 1 fully saturated rings. The van der Waals surface area contributed by atoms with E-state index < -0.39 is 0 Å². The molecule has 0 aromatic heterocycles. The van der Waals surface area contributed by atoms with Crippen LogP contribution < -0.4 is 0 Å². The minimum Gasteiger partial charge on any atom is -0.393 e. The van der Waals surface area contributed by atoms with Gasteiger partial charge in [0.05, 0.1) is 11.7 Å². The smallest absolute Gasteiger partial charge is 0.0634 e. The molecule has 0 radical (unpaired) electrons. The van der Waals surface area contributed by atoms with Crippen LogP contribution in [0.4, 0.5) is 0 Å². The number of aliphatic hydroxyl groups is 1. The zero-order valence-electron chi connectivity index (χ0n) is 10.5. The number of aliphatic hydroxyl groups excluding tert-OH is 1. The molecule has 1 rings (SSSR count). The number of hydrogen-bond acceptors (Lipinski definition) is 3. The fourth-order valence-electron chi connectivity index (χ4n) is 1.95. The molecule has 0 bridgehead atoms. The second-order valence-electron chi connectivity index (χ2n) is 5.35. The second kappa shape index (κ2) is 5.28. The van der Waals surface area contributed by atoms with Crippen LogP contribution in [0, 0.1) is 5.92 Å². The Hall–Kier alpha value is -0.120. The Morgan fingerprint density at radius 2 is 2.13 bits per heavy atom. The molecule has 0 spiro atoms. The van der Waals surface area contributed by atoms with E-state index in [1.54, 1.807) is 7.11 Å². The number of piperidine rings is 1. The van der Waals surface area contributed by atoms with Crippen molar-refractivity contribution in [3.63, 3.8) is 0 Å². The molecule has 2 atom stereocenters. The molecule has 1 aliphatic rings. The summed E-state index contributed by atoms with van der Waals surface area (Å²) in [6, 6.07) is 0. The van der Waals surface area contributed by atoms with Crippen molar-refractivity contribution in [2.45, 2.75) is 45.3 Å². The third kappa shape index (κ3) is 4.09. The van der Waals surface area contributed by atoms with E-state index in [1.165, 1.54) is 0 Å². The zero-order valence-corrected chi connectivity index (χ0v) is 10.5. The Balaban J connectivity index is 2.28. The summed E-state index contributed by atoms with van der Waals surface area (Å²) in [5, 5.41) is 9.62. The highest BCUT2D eigenvalue weighted by atomic mass is 16.5. The number of ether oxygens (including phenoxy) is 1. The van der Waals surface area contributed by atoms with Gasteiger partial charge < -0.3 is 14.7 Å². The minimum atomic E-state index is -0.100. The molecule has 15 heavy (non-hydrogen) atoms. The van der Waals surface area contributed by atoms with Gasteiger partial charge in [0.2, 0.25) is 0 Å². The van der Waals surface area contributed by atoms with Crippen molar-refractivity contribution in [3.05, 3.63) is 0 Å². The summed E-state index contributed by atoms with van der Waals surface area (Å²) in [4.78, 5) is 2.43. The second-order valence-corrected chi connectivity index (χ2v) is 5.35. The lowest BCUT2D eigenvalue weighted by molar-refractivity contribution is -0.00747. The number of rotatable bonds is 4. The molecular formula is C12H25NO2. The zero-order chi connectivity index (χ0) is 11.5. The van der Waals surface area contributed by atoms with Gasteiger partial charge in [-0.1, -0.05) is 6.92 Å². The lowest BCUT2D eigenvalue weighted by atomic mass is 9.96. The van der Waals surface area contributed by atoms with Crippen molar-refractivity contribution in [2.75, 3.05) is 26.7 Å². The van der Waals surface area contributed by atoms with Gasteiger partial charge in [-0.25, -0.2) is 0 Å².